The summed E-state index contributed by atoms with van der Waals surface area (Å²) in [6.07, 6.45) is 0. The third-order valence-electron chi connectivity index (χ3n) is 1.20. The van der Waals surface area contributed by atoms with E-state index in [1.165, 1.54) is 0 Å². The van der Waals surface area contributed by atoms with Gasteiger partial charge in [0.05, 0.1) is 11.0 Å². The van der Waals surface area contributed by atoms with Gasteiger partial charge in [-0.2, -0.15) is 0 Å². The second-order valence-electron chi connectivity index (χ2n) is 2.08. The topological polar surface area (TPSA) is 46.5 Å². The van der Waals surface area contributed by atoms with Crippen molar-refractivity contribution in [2.75, 3.05) is 0 Å². The summed E-state index contributed by atoms with van der Waals surface area (Å²) < 4.78 is 0. The van der Waals surface area contributed by atoms with Gasteiger partial charge in [0.25, 0.3) is 5.91 Å². The zero-order valence-electron chi connectivity index (χ0n) is 5.75. The molecule has 0 aromatic rings. The first-order valence-electron chi connectivity index (χ1n) is 2.91. The van der Waals surface area contributed by atoms with Crippen molar-refractivity contribution in [1.29, 1.82) is 0 Å². The second kappa shape index (κ2) is 2.54. The quantitative estimate of drug-likeness (QED) is 0.518. The molecule has 0 aromatic heterocycles. The van der Waals surface area contributed by atoms with Gasteiger partial charge >= 0.3 is 0 Å². The van der Waals surface area contributed by atoms with Crippen molar-refractivity contribution >= 4 is 28.5 Å². The van der Waals surface area contributed by atoms with Crippen LogP contribution < -0.4 is 0 Å². The van der Waals surface area contributed by atoms with Gasteiger partial charge in [0.1, 0.15) is 0 Å². The lowest BCUT2D eigenvalue weighted by atomic mass is 10.4. The number of nitrogens with zero attached hydrogens (tertiary/aromatic N) is 1. The molecule has 54 valence electrons. The van der Waals surface area contributed by atoms with Crippen LogP contribution in [0.2, 0.25) is 0 Å². The van der Waals surface area contributed by atoms with Crippen LogP contribution in [0.15, 0.2) is 4.99 Å². The molecule has 0 spiro atoms. The molecule has 3 nitrogen and oxygen atoms in total. The van der Waals surface area contributed by atoms with E-state index in [4.69, 9.17) is 0 Å². The lowest BCUT2D eigenvalue weighted by Gasteiger charge is -2.10. The van der Waals surface area contributed by atoms with Gasteiger partial charge in [-0.15, -0.1) is 0 Å². The van der Waals surface area contributed by atoms with Crippen LogP contribution in [0.3, 0.4) is 0 Å². The van der Waals surface area contributed by atoms with Gasteiger partial charge in [-0.3, -0.25) is 9.59 Å². The van der Waals surface area contributed by atoms with Crippen molar-refractivity contribution in [3.05, 3.63) is 0 Å². The molecule has 0 radical (unpaired) electrons. The third-order valence-corrected chi connectivity index (χ3v) is 2.27. The van der Waals surface area contributed by atoms with Crippen LogP contribution in [0.4, 0.5) is 0 Å². The minimum atomic E-state index is -0.295. The molecular weight excluding hydrogens is 150 g/mol. The highest BCUT2D eigenvalue weighted by molar-refractivity contribution is 8.16. The van der Waals surface area contributed by atoms with Gasteiger partial charge in [-0.25, -0.2) is 4.99 Å². The Morgan fingerprint density at radius 3 is 2.60 bits per heavy atom. The van der Waals surface area contributed by atoms with Gasteiger partial charge in [-0.05, 0) is 13.8 Å². The summed E-state index contributed by atoms with van der Waals surface area (Å²) in [5, 5.41) is -0.386. The molecule has 1 atom stereocenters. The minimum Gasteiger partial charge on any atom is -0.280 e. The smallest absolute Gasteiger partial charge is 0.259 e. The fourth-order valence-electron chi connectivity index (χ4n) is 0.598. The SMILES string of the molecule is CC1=NC(=O)C(C)SC1=O. The minimum absolute atomic E-state index is 0.0906. The van der Waals surface area contributed by atoms with E-state index >= 15 is 0 Å². The molecule has 0 fully saturated rings. The number of carbonyl (C=O) groups excluding carboxylic acids is 2. The van der Waals surface area contributed by atoms with E-state index < -0.39 is 0 Å². The number of rotatable bonds is 0. The predicted octanol–water partition coefficient (Wildman–Crippen LogP) is 0.636. The van der Waals surface area contributed by atoms with E-state index in [1.54, 1.807) is 13.8 Å². The fourth-order valence-corrected chi connectivity index (χ4v) is 1.29. The van der Waals surface area contributed by atoms with E-state index in [1.807, 2.05) is 0 Å². The molecule has 10 heavy (non-hydrogen) atoms. The number of amides is 1. The summed E-state index contributed by atoms with van der Waals surface area (Å²) in [7, 11) is 0. The molecule has 0 bridgehead atoms. The van der Waals surface area contributed by atoms with Crippen molar-refractivity contribution in [3.8, 4) is 0 Å². The highest BCUT2D eigenvalue weighted by atomic mass is 32.2. The van der Waals surface area contributed by atoms with Gasteiger partial charge in [0, 0.05) is 0 Å². The molecule has 0 N–H and O–H groups in total. The average molecular weight is 157 g/mol. The van der Waals surface area contributed by atoms with Crippen molar-refractivity contribution in [2.45, 2.75) is 19.1 Å². The number of thioether (sulfide) groups is 1. The first-order chi connectivity index (χ1) is 4.61. The first-order valence-corrected chi connectivity index (χ1v) is 3.79. The van der Waals surface area contributed by atoms with Crippen molar-refractivity contribution in [2.24, 2.45) is 4.99 Å². The Balaban J connectivity index is 2.90. The normalized spacial score (nSPS) is 26.6. The van der Waals surface area contributed by atoms with E-state index in [2.05, 4.69) is 4.99 Å². The number of carbonyl (C=O) groups is 2. The Kier molecular flexibility index (Phi) is 1.89. The van der Waals surface area contributed by atoms with E-state index in [0.717, 1.165) is 11.8 Å². The molecule has 1 rings (SSSR count). The van der Waals surface area contributed by atoms with Gasteiger partial charge in [0.2, 0.25) is 5.12 Å². The summed E-state index contributed by atoms with van der Waals surface area (Å²) >= 11 is 1.04. The fraction of sp³-hybridized carbons (Fsp3) is 0.500. The van der Waals surface area contributed by atoms with Gasteiger partial charge in [0.15, 0.2) is 0 Å². The van der Waals surface area contributed by atoms with Gasteiger partial charge in [-0.1, -0.05) is 11.8 Å². The molecule has 0 saturated heterocycles. The summed E-state index contributed by atoms with van der Waals surface area (Å²) in [6, 6.07) is 0. The number of hydrogen-bond donors (Lipinski definition) is 0. The molecule has 1 aliphatic heterocycles. The van der Waals surface area contributed by atoms with E-state index in [0.29, 0.717) is 5.71 Å². The average Bonchev–Trinajstić information content (AvgIpc) is 1.84. The van der Waals surface area contributed by atoms with Crippen molar-refractivity contribution < 1.29 is 9.59 Å². The Hall–Kier alpha value is -0.640. The molecule has 0 aliphatic carbocycles. The van der Waals surface area contributed by atoms with Crippen LogP contribution in [-0.2, 0) is 9.59 Å². The van der Waals surface area contributed by atoms with E-state index in [-0.39, 0.29) is 16.3 Å². The summed E-state index contributed by atoms with van der Waals surface area (Å²) in [5.74, 6) is -0.206. The number of hydrogen-bond acceptors (Lipinski definition) is 3. The van der Waals surface area contributed by atoms with Crippen molar-refractivity contribution in [1.82, 2.24) is 0 Å². The maximum atomic E-state index is 10.8. The molecule has 1 amide bonds. The van der Waals surface area contributed by atoms with Gasteiger partial charge < -0.3 is 0 Å². The molecule has 1 heterocycles. The standard InChI is InChI=1S/C6H7NO2S/c1-3-6(9)10-4(2)5(8)7-3/h4H,1-2H3. The van der Waals surface area contributed by atoms with Crippen LogP contribution in [0, 0.1) is 0 Å². The van der Waals surface area contributed by atoms with Crippen LogP contribution in [0.1, 0.15) is 13.8 Å². The van der Waals surface area contributed by atoms with Crippen LogP contribution in [-0.4, -0.2) is 22.0 Å². The Bertz CT molecular complexity index is 222. The monoisotopic (exact) mass is 157 g/mol. The van der Waals surface area contributed by atoms with E-state index in [9.17, 15) is 9.59 Å². The third kappa shape index (κ3) is 1.26. The largest absolute Gasteiger partial charge is 0.280 e. The van der Waals surface area contributed by atoms with Crippen LogP contribution in [0.25, 0.3) is 0 Å². The molecule has 0 saturated carbocycles. The predicted molar refractivity (Wildman–Crippen MR) is 40.2 cm³/mol. The molecule has 0 aromatic carbocycles. The first kappa shape index (κ1) is 7.47. The Labute approximate surface area is 62.9 Å². The summed E-state index contributed by atoms with van der Waals surface area (Å²) in [5.41, 5.74) is 0.313. The molecular formula is C6H7NO2S. The highest BCUT2D eigenvalue weighted by Gasteiger charge is 2.24. The second-order valence-corrected chi connectivity index (χ2v) is 3.40. The zero-order valence-corrected chi connectivity index (χ0v) is 6.57. The summed E-state index contributed by atoms with van der Waals surface area (Å²) in [4.78, 5) is 25.2. The summed E-state index contributed by atoms with van der Waals surface area (Å²) in [6.45, 7) is 3.24. The lowest BCUT2D eigenvalue weighted by molar-refractivity contribution is -0.118. The zero-order chi connectivity index (χ0) is 7.72. The Morgan fingerprint density at radius 2 is 2.10 bits per heavy atom. The molecule has 1 unspecified atom stereocenters. The van der Waals surface area contributed by atoms with Crippen LogP contribution in [0.5, 0.6) is 0 Å². The molecule has 1 aliphatic rings. The van der Waals surface area contributed by atoms with Crippen LogP contribution >= 0.6 is 11.8 Å². The lowest BCUT2D eigenvalue weighted by Crippen LogP contribution is -2.24. The maximum Gasteiger partial charge on any atom is 0.259 e. The highest BCUT2D eigenvalue weighted by Crippen LogP contribution is 2.18. The van der Waals surface area contributed by atoms with Crippen molar-refractivity contribution in [3.63, 3.8) is 0 Å². The molecule has 4 heteroatoms. The number of aliphatic imine (C=N–C) groups is 1. The maximum absolute atomic E-state index is 10.8. The Morgan fingerprint density at radius 1 is 1.50 bits per heavy atom.